The normalized spacial score (nSPS) is 26.2. The monoisotopic (exact) mass is 223 g/mol. The Morgan fingerprint density at radius 3 is 2.69 bits per heavy atom. The highest BCUT2D eigenvalue weighted by atomic mass is 16.5. The van der Waals surface area contributed by atoms with Gasteiger partial charge in [0, 0.05) is 11.3 Å². The molecule has 0 amide bonds. The molecule has 90 valence electrons. The summed E-state index contributed by atoms with van der Waals surface area (Å²) in [4.78, 5) is 4.53. The zero-order valence-electron chi connectivity index (χ0n) is 10.4. The second-order valence-corrected chi connectivity index (χ2v) is 5.74. The first-order valence-electron chi connectivity index (χ1n) is 6.06. The number of hydrogen-bond donors (Lipinski definition) is 1. The van der Waals surface area contributed by atoms with Gasteiger partial charge in [-0.05, 0) is 25.3 Å². The number of nitrogens with two attached hydrogens (primary N) is 1. The highest BCUT2D eigenvalue weighted by Crippen LogP contribution is 2.38. The molecule has 2 N–H and O–H groups in total. The Kier molecular flexibility index (Phi) is 3.02. The van der Waals surface area contributed by atoms with Crippen molar-refractivity contribution in [1.29, 1.82) is 0 Å². The van der Waals surface area contributed by atoms with E-state index in [0.717, 1.165) is 24.7 Å². The van der Waals surface area contributed by atoms with Crippen LogP contribution in [0.3, 0.4) is 0 Å². The summed E-state index contributed by atoms with van der Waals surface area (Å²) in [5.74, 6) is 2.49. The van der Waals surface area contributed by atoms with E-state index in [9.17, 15) is 0 Å². The lowest BCUT2D eigenvalue weighted by Gasteiger charge is -2.13. The van der Waals surface area contributed by atoms with Crippen molar-refractivity contribution in [2.75, 3.05) is 6.54 Å². The topological polar surface area (TPSA) is 64.9 Å². The van der Waals surface area contributed by atoms with Gasteiger partial charge in [0.15, 0.2) is 5.82 Å². The Morgan fingerprint density at radius 2 is 2.12 bits per heavy atom. The first kappa shape index (κ1) is 11.6. The second-order valence-electron chi connectivity index (χ2n) is 5.74. The van der Waals surface area contributed by atoms with Crippen LogP contribution in [0.25, 0.3) is 0 Å². The highest BCUT2D eigenvalue weighted by Gasteiger charge is 2.33. The molecule has 0 bridgehead atoms. The standard InChI is InChI=1S/C12H21N3O/c1-12(2,3)11-14-10(16-15-11)9-6-4-5-8(9)7-13/h8-9H,4-7,13H2,1-3H3. The lowest BCUT2D eigenvalue weighted by atomic mass is 9.94. The van der Waals surface area contributed by atoms with Crippen LogP contribution < -0.4 is 5.73 Å². The number of nitrogens with zero attached hydrogens (tertiary/aromatic N) is 2. The summed E-state index contributed by atoms with van der Waals surface area (Å²) < 4.78 is 5.39. The average molecular weight is 223 g/mol. The minimum Gasteiger partial charge on any atom is -0.339 e. The molecule has 2 atom stereocenters. The maximum atomic E-state index is 5.76. The third-order valence-electron chi connectivity index (χ3n) is 3.39. The summed E-state index contributed by atoms with van der Waals surface area (Å²) in [6, 6.07) is 0. The molecule has 0 aliphatic heterocycles. The number of aromatic nitrogens is 2. The fraction of sp³-hybridized carbons (Fsp3) is 0.833. The summed E-state index contributed by atoms with van der Waals surface area (Å²) in [5, 5.41) is 4.07. The van der Waals surface area contributed by atoms with Gasteiger partial charge in [0.1, 0.15) is 0 Å². The Bertz CT molecular complexity index is 353. The van der Waals surface area contributed by atoms with Gasteiger partial charge in [-0.1, -0.05) is 32.3 Å². The van der Waals surface area contributed by atoms with Crippen LogP contribution in [0.1, 0.15) is 57.7 Å². The van der Waals surface area contributed by atoms with Crippen LogP contribution in [0, 0.1) is 5.92 Å². The van der Waals surface area contributed by atoms with Crippen LogP contribution in [0.2, 0.25) is 0 Å². The molecule has 0 aromatic carbocycles. The van der Waals surface area contributed by atoms with Crippen molar-refractivity contribution in [3.05, 3.63) is 11.7 Å². The zero-order valence-corrected chi connectivity index (χ0v) is 10.4. The lowest BCUT2D eigenvalue weighted by molar-refractivity contribution is 0.319. The van der Waals surface area contributed by atoms with Crippen LogP contribution in [0.4, 0.5) is 0 Å². The van der Waals surface area contributed by atoms with Crippen molar-refractivity contribution in [2.45, 2.75) is 51.4 Å². The van der Waals surface area contributed by atoms with Crippen LogP contribution in [0.15, 0.2) is 4.52 Å². The second kappa shape index (κ2) is 4.17. The van der Waals surface area contributed by atoms with E-state index in [2.05, 4.69) is 30.9 Å². The van der Waals surface area contributed by atoms with E-state index >= 15 is 0 Å². The minimum absolute atomic E-state index is 0.0431. The highest BCUT2D eigenvalue weighted by molar-refractivity contribution is 5.05. The van der Waals surface area contributed by atoms with Gasteiger partial charge in [-0.25, -0.2) is 0 Å². The van der Waals surface area contributed by atoms with Gasteiger partial charge in [-0.2, -0.15) is 4.98 Å². The molecule has 4 nitrogen and oxygen atoms in total. The van der Waals surface area contributed by atoms with Gasteiger partial charge >= 0.3 is 0 Å². The third-order valence-corrected chi connectivity index (χ3v) is 3.39. The molecule has 1 saturated carbocycles. The molecule has 1 aliphatic carbocycles. The SMILES string of the molecule is CC(C)(C)c1noc(C2CCCC2CN)n1. The molecule has 1 heterocycles. The molecule has 0 radical (unpaired) electrons. The van der Waals surface area contributed by atoms with Crippen LogP contribution in [-0.4, -0.2) is 16.7 Å². The summed E-state index contributed by atoms with van der Waals surface area (Å²) in [6.45, 7) is 7.00. The molecule has 1 fully saturated rings. The number of rotatable bonds is 2. The van der Waals surface area contributed by atoms with Crippen LogP contribution >= 0.6 is 0 Å². The average Bonchev–Trinajstić information content (AvgIpc) is 2.84. The van der Waals surface area contributed by atoms with Crippen molar-refractivity contribution >= 4 is 0 Å². The molecule has 2 rings (SSSR count). The van der Waals surface area contributed by atoms with E-state index < -0.39 is 0 Å². The van der Waals surface area contributed by atoms with Crippen molar-refractivity contribution in [2.24, 2.45) is 11.7 Å². The summed E-state index contributed by atoms with van der Waals surface area (Å²) in [6.07, 6.45) is 3.54. The quantitative estimate of drug-likeness (QED) is 0.834. The van der Waals surface area contributed by atoms with Gasteiger partial charge in [-0.15, -0.1) is 0 Å². The van der Waals surface area contributed by atoms with Crippen molar-refractivity contribution < 1.29 is 4.52 Å². The van der Waals surface area contributed by atoms with Crippen LogP contribution in [0.5, 0.6) is 0 Å². The Hall–Kier alpha value is -0.900. The van der Waals surface area contributed by atoms with Crippen molar-refractivity contribution in [1.82, 2.24) is 10.1 Å². The van der Waals surface area contributed by atoms with E-state index in [1.807, 2.05) is 0 Å². The zero-order chi connectivity index (χ0) is 11.8. The fourth-order valence-corrected chi connectivity index (χ4v) is 2.33. The first-order chi connectivity index (χ1) is 7.52. The van der Waals surface area contributed by atoms with Gasteiger partial charge in [0.05, 0.1) is 0 Å². The predicted octanol–water partition coefficient (Wildman–Crippen LogP) is 2.21. The van der Waals surface area contributed by atoms with E-state index in [-0.39, 0.29) is 5.41 Å². The molecule has 0 saturated heterocycles. The van der Waals surface area contributed by atoms with Gasteiger partial charge < -0.3 is 10.3 Å². The summed E-state index contributed by atoms with van der Waals surface area (Å²) >= 11 is 0. The van der Waals surface area contributed by atoms with Crippen molar-refractivity contribution in [3.63, 3.8) is 0 Å². The molecule has 1 aromatic rings. The molecular weight excluding hydrogens is 202 g/mol. The summed E-state index contributed by atoms with van der Waals surface area (Å²) in [5.41, 5.74) is 5.72. The van der Waals surface area contributed by atoms with E-state index in [1.54, 1.807) is 0 Å². The van der Waals surface area contributed by atoms with E-state index in [0.29, 0.717) is 11.8 Å². The Morgan fingerprint density at radius 1 is 1.38 bits per heavy atom. The maximum absolute atomic E-state index is 5.76. The van der Waals surface area contributed by atoms with E-state index in [1.165, 1.54) is 12.8 Å². The molecule has 4 heteroatoms. The molecule has 1 aromatic heterocycles. The Balaban J connectivity index is 2.18. The maximum Gasteiger partial charge on any atom is 0.230 e. The lowest BCUT2D eigenvalue weighted by Crippen LogP contribution is -2.18. The van der Waals surface area contributed by atoms with Crippen molar-refractivity contribution in [3.8, 4) is 0 Å². The van der Waals surface area contributed by atoms with Gasteiger partial charge in [0.25, 0.3) is 0 Å². The molecule has 1 aliphatic rings. The molecule has 16 heavy (non-hydrogen) atoms. The summed E-state index contributed by atoms with van der Waals surface area (Å²) in [7, 11) is 0. The fourth-order valence-electron chi connectivity index (χ4n) is 2.33. The molecule has 0 spiro atoms. The Labute approximate surface area is 96.6 Å². The smallest absolute Gasteiger partial charge is 0.230 e. The predicted molar refractivity (Wildman–Crippen MR) is 62.1 cm³/mol. The minimum atomic E-state index is -0.0431. The first-order valence-corrected chi connectivity index (χ1v) is 6.06. The molecular formula is C12H21N3O. The van der Waals surface area contributed by atoms with Crippen LogP contribution in [-0.2, 0) is 5.41 Å². The third kappa shape index (κ3) is 2.12. The number of hydrogen-bond acceptors (Lipinski definition) is 4. The van der Waals surface area contributed by atoms with Gasteiger partial charge in [0.2, 0.25) is 5.89 Å². The van der Waals surface area contributed by atoms with E-state index in [4.69, 9.17) is 10.3 Å². The largest absolute Gasteiger partial charge is 0.339 e. The van der Waals surface area contributed by atoms with Gasteiger partial charge in [-0.3, -0.25) is 0 Å². The molecule has 2 unspecified atom stereocenters.